The van der Waals surface area contributed by atoms with Gasteiger partial charge >= 0.3 is 0 Å². The molecule has 0 aromatic heterocycles. The van der Waals surface area contributed by atoms with E-state index in [2.05, 4.69) is 36.8 Å². The lowest BCUT2D eigenvalue weighted by molar-refractivity contribution is -0.130. The molecule has 2 atom stereocenters. The Hall–Kier alpha value is -4.39. The number of rotatable bonds is 17. The van der Waals surface area contributed by atoms with Crippen LogP contribution in [0.3, 0.4) is 0 Å². The summed E-state index contributed by atoms with van der Waals surface area (Å²) in [4.78, 5) is 22.5. The molecule has 5 rings (SSSR count). The van der Waals surface area contributed by atoms with Gasteiger partial charge in [-0.05, 0) is 70.2 Å². The zero-order chi connectivity index (χ0) is 34.5. The van der Waals surface area contributed by atoms with Gasteiger partial charge in [-0.2, -0.15) is 11.8 Å². The summed E-state index contributed by atoms with van der Waals surface area (Å²) in [5.41, 5.74) is 17.5. The van der Waals surface area contributed by atoms with Gasteiger partial charge in [-0.15, -0.1) is 0 Å². The second-order valence-electron chi connectivity index (χ2n) is 11.2. The van der Waals surface area contributed by atoms with Crippen LogP contribution in [0.15, 0.2) is 112 Å². The molecule has 1 amide bonds. The molecule has 3 N–H and O–H groups in total. The fourth-order valence-corrected chi connectivity index (χ4v) is 6.62. The number of aliphatic hydroxyl groups excluding tert-OH is 1. The van der Waals surface area contributed by atoms with Crippen LogP contribution < -0.4 is 15.6 Å². The van der Waals surface area contributed by atoms with E-state index in [-0.39, 0.29) is 31.3 Å². The Bertz CT molecular complexity index is 1790. The molecule has 1 heterocycles. The summed E-state index contributed by atoms with van der Waals surface area (Å²) in [5, 5.41) is 12.9. The zero-order valence-corrected chi connectivity index (χ0v) is 29.0. The largest absolute Gasteiger partial charge is 0.494 e. The van der Waals surface area contributed by atoms with Crippen molar-refractivity contribution in [2.75, 3.05) is 25.5 Å². The molecule has 10 nitrogen and oxygen atoms in total. The number of thioether (sulfide) groups is 1. The predicted molar refractivity (Wildman–Crippen MR) is 193 cm³/mol. The Morgan fingerprint density at radius 3 is 2.53 bits per heavy atom. The molecule has 0 saturated carbocycles. The third-order valence-corrected chi connectivity index (χ3v) is 9.65. The number of nitrogens with zero attached hydrogens (tertiary/aromatic N) is 4. The van der Waals surface area contributed by atoms with Gasteiger partial charge in [0.2, 0.25) is 5.90 Å². The molecule has 0 bridgehead atoms. The maximum absolute atomic E-state index is 14.5. The molecule has 0 aliphatic carbocycles. The van der Waals surface area contributed by atoms with Crippen molar-refractivity contribution in [2.45, 2.75) is 36.8 Å². The smallest absolute Gasteiger partial charge is 0.266 e. The Morgan fingerprint density at radius 1 is 1.06 bits per heavy atom. The zero-order valence-electron chi connectivity index (χ0n) is 26.6. The first-order valence-corrected chi connectivity index (χ1v) is 17.7. The van der Waals surface area contributed by atoms with Crippen LogP contribution >= 0.6 is 27.7 Å². The van der Waals surface area contributed by atoms with Gasteiger partial charge in [0, 0.05) is 52.4 Å². The second kappa shape index (κ2) is 17.8. The number of aliphatic imine (C=N–C) groups is 1. The number of azide groups is 1. The SMILES string of the molecule is [N-]=[N+]=NCc1ccccc1[C@@H]1OC(c2ccc(OCCCO)cc2)=N[C@]1(Cc1ccccc1Br)C(=O)NNCCSCc1ccc(F)cc1. The quantitative estimate of drug-likeness (QED) is 0.0343. The number of hydrogen-bond donors (Lipinski definition) is 3. The summed E-state index contributed by atoms with van der Waals surface area (Å²) in [6, 6.07) is 28.7. The van der Waals surface area contributed by atoms with E-state index in [0.29, 0.717) is 53.5 Å². The van der Waals surface area contributed by atoms with Crippen LogP contribution in [0.25, 0.3) is 10.4 Å². The van der Waals surface area contributed by atoms with Crippen molar-refractivity contribution < 1.29 is 23.8 Å². The number of hydrazine groups is 1. The first-order valence-electron chi connectivity index (χ1n) is 15.7. The molecule has 4 aromatic rings. The fourth-order valence-electron chi connectivity index (χ4n) is 5.38. The molecule has 13 heteroatoms. The van der Waals surface area contributed by atoms with E-state index >= 15 is 0 Å². The highest BCUT2D eigenvalue weighted by atomic mass is 79.9. The Morgan fingerprint density at radius 2 is 1.80 bits per heavy atom. The molecule has 1 aliphatic rings. The van der Waals surface area contributed by atoms with Crippen molar-refractivity contribution >= 4 is 39.5 Å². The number of halogens is 2. The average molecular weight is 748 g/mol. The maximum atomic E-state index is 14.5. The van der Waals surface area contributed by atoms with Crippen LogP contribution in [0, 0.1) is 5.82 Å². The van der Waals surface area contributed by atoms with Crippen LogP contribution in [0.4, 0.5) is 4.39 Å². The van der Waals surface area contributed by atoms with Crippen molar-refractivity contribution in [3.05, 3.63) is 146 Å². The van der Waals surface area contributed by atoms with Gasteiger partial charge < -0.3 is 14.6 Å². The van der Waals surface area contributed by atoms with Gasteiger partial charge in [0.1, 0.15) is 11.6 Å². The Balaban J connectivity index is 1.45. The predicted octanol–water partition coefficient (Wildman–Crippen LogP) is 7.21. The number of hydrogen-bond acceptors (Lipinski definition) is 8. The summed E-state index contributed by atoms with van der Waals surface area (Å²) in [6.07, 6.45) is -0.176. The number of carbonyl (C=O) groups is 1. The standard InChI is InChI=1S/C36H36BrFN6O4S/c37-32-9-4-2-6-27(32)22-36(35(46)43-40-18-21-49-24-25-10-14-29(38)15-11-25)33(31-8-3-1-7-28(31)23-41-44-39)48-34(42-36)26-12-16-30(17-13-26)47-20-5-19-45/h1-4,6-17,33,40,45H,5,18-24H2,(H,43,46)/t33-,36-/m0/s1. The van der Waals surface area contributed by atoms with Crippen LogP contribution in [-0.4, -0.2) is 48.0 Å². The average Bonchev–Trinajstić information content (AvgIpc) is 3.51. The fraction of sp³-hybridized carbons (Fsp3) is 0.278. The minimum absolute atomic E-state index is 0.0383. The van der Waals surface area contributed by atoms with Crippen molar-refractivity contribution in [1.29, 1.82) is 0 Å². The molecule has 1 aliphatic heterocycles. The number of carbonyl (C=O) groups excluding carboxylic acids is 1. The van der Waals surface area contributed by atoms with Gasteiger partial charge in [0.25, 0.3) is 5.91 Å². The van der Waals surface area contributed by atoms with E-state index in [4.69, 9.17) is 25.1 Å². The Kier molecular flexibility index (Phi) is 13.1. The first kappa shape index (κ1) is 35.9. The molecule has 254 valence electrons. The van der Waals surface area contributed by atoms with E-state index in [1.165, 1.54) is 12.1 Å². The van der Waals surface area contributed by atoms with Crippen molar-refractivity contribution in [1.82, 2.24) is 10.9 Å². The van der Waals surface area contributed by atoms with E-state index in [9.17, 15) is 9.18 Å². The number of amides is 1. The van der Waals surface area contributed by atoms with Crippen molar-refractivity contribution in [2.24, 2.45) is 10.1 Å². The second-order valence-corrected chi connectivity index (χ2v) is 13.2. The monoisotopic (exact) mass is 746 g/mol. The van der Waals surface area contributed by atoms with Crippen LogP contribution in [0.5, 0.6) is 5.75 Å². The van der Waals surface area contributed by atoms with Gasteiger partial charge in [-0.25, -0.2) is 14.8 Å². The number of nitrogens with one attached hydrogen (secondary N) is 2. The molecule has 0 unspecified atom stereocenters. The lowest BCUT2D eigenvalue weighted by Gasteiger charge is -2.32. The molecule has 49 heavy (non-hydrogen) atoms. The Labute approximate surface area is 296 Å². The number of aliphatic hydroxyl groups is 1. The molecule has 0 spiro atoms. The summed E-state index contributed by atoms with van der Waals surface area (Å²) in [7, 11) is 0. The molecule has 0 fully saturated rings. The van der Waals surface area contributed by atoms with E-state index in [1.54, 1.807) is 36.0 Å². The van der Waals surface area contributed by atoms with Crippen LogP contribution in [0.1, 0.15) is 40.3 Å². The molecular formula is C36H36BrFN6O4S. The summed E-state index contributed by atoms with van der Waals surface area (Å²) in [5.74, 6) is 1.64. The minimum atomic E-state index is -1.48. The summed E-state index contributed by atoms with van der Waals surface area (Å²) >= 11 is 5.31. The minimum Gasteiger partial charge on any atom is -0.494 e. The van der Waals surface area contributed by atoms with Gasteiger partial charge in [-0.1, -0.05) is 75.6 Å². The van der Waals surface area contributed by atoms with Gasteiger partial charge in [0.15, 0.2) is 11.6 Å². The van der Waals surface area contributed by atoms with E-state index in [1.807, 2.05) is 60.7 Å². The molecule has 0 radical (unpaired) electrons. The first-order chi connectivity index (χ1) is 23.9. The van der Waals surface area contributed by atoms with Gasteiger partial charge in [-0.3, -0.25) is 10.2 Å². The third kappa shape index (κ3) is 9.40. The lowest BCUT2D eigenvalue weighted by atomic mass is 9.80. The third-order valence-electron chi connectivity index (χ3n) is 7.84. The van der Waals surface area contributed by atoms with Crippen molar-refractivity contribution in [3.8, 4) is 5.75 Å². The summed E-state index contributed by atoms with van der Waals surface area (Å²) < 4.78 is 26.4. The summed E-state index contributed by atoms with van der Waals surface area (Å²) in [6.45, 7) is 0.953. The molecule has 0 saturated heterocycles. The topological polar surface area (TPSA) is 141 Å². The molecule has 4 aromatic carbocycles. The maximum Gasteiger partial charge on any atom is 0.266 e. The number of ether oxygens (including phenoxy) is 2. The highest BCUT2D eigenvalue weighted by Gasteiger charge is 2.54. The van der Waals surface area contributed by atoms with E-state index < -0.39 is 17.6 Å². The molecular weight excluding hydrogens is 711 g/mol. The highest BCUT2D eigenvalue weighted by Crippen LogP contribution is 2.44. The highest BCUT2D eigenvalue weighted by molar-refractivity contribution is 9.10. The lowest BCUT2D eigenvalue weighted by Crippen LogP contribution is -2.54. The van der Waals surface area contributed by atoms with Crippen LogP contribution in [0.2, 0.25) is 0 Å². The van der Waals surface area contributed by atoms with E-state index in [0.717, 1.165) is 15.6 Å². The van der Waals surface area contributed by atoms with Crippen LogP contribution in [-0.2, 0) is 28.2 Å². The number of benzene rings is 4. The van der Waals surface area contributed by atoms with Crippen molar-refractivity contribution in [3.63, 3.8) is 0 Å². The normalized spacial score (nSPS) is 16.7. The van der Waals surface area contributed by atoms with Gasteiger partial charge in [0.05, 0.1) is 13.2 Å².